The number of hydrogen-bond donors (Lipinski definition) is 1. The first-order valence-corrected chi connectivity index (χ1v) is 7.14. The summed E-state index contributed by atoms with van der Waals surface area (Å²) in [7, 11) is 0. The molecule has 0 saturated heterocycles. The van der Waals surface area contributed by atoms with Crippen molar-refractivity contribution in [1.29, 1.82) is 5.26 Å². The van der Waals surface area contributed by atoms with Crippen molar-refractivity contribution in [2.24, 2.45) is 5.41 Å². The molecule has 0 radical (unpaired) electrons. The van der Waals surface area contributed by atoms with E-state index < -0.39 is 5.41 Å². The third kappa shape index (κ3) is 2.93. The lowest BCUT2D eigenvalue weighted by atomic mass is 9.74. The molecule has 0 aromatic carbocycles. The fourth-order valence-corrected chi connectivity index (χ4v) is 3.02. The summed E-state index contributed by atoms with van der Waals surface area (Å²) in [6, 6.07) is 2.27. The molecule has 1 fully saturated rings. The second-order valence-electron chi connectivity index (χ2n) is 5.52. The van der Waals surface area contributed by atoms with Crippen LogP contribution >= 0.6 is 0 Å². The number of carbonyl (C=O) groups is 1. The van der Waals surface area contributed by atoms with Crippen molar-refractivity contribution < 1.29 is 4.79 Å². The summed E-state index contributed by atoms with van der Waals surface area (Å²) >= 11 is 0. The molecule has 0 spiro atoms. The highest BCUT2D eigenvalue weighted by molar-refractivity contribution is 5.85. The van der Waals surface area contributed by atoms with E-state index in [-0.39, 0.29) is 5.91 Å². The lowest BCUT2D eigenvalue weighted by Crippen LogP contribution is -2.41. The van der Waals surface area contributed by atoms with Crippen molar-refractivity contribution in [3.8, 4) is 6.07 Å². The van der Waals surface area contributed by atoms with Gasteiger partial charge in [0.15, 0.2) is 0 Å². The van der Waals surface area contributed by atoms with Crippen LogP contribution in [0.5, 0.6) is 0 Å². The van der Waals surface area contributed by atoms with Gasteiger partial charge in [-0.15, -0.1) is 0 Å². The summed E-state index contributed by atoms with van der Waals surface area (Å²) in [6.45, 7) is 0.689. The first-order valence-electron chi connectivity index (χ1n) is 7.14. The van der Waals surface area contributed by atoms with E-state index in [2.05, 4.69) is 17.5 Å². The molecule has 2 rings (SSSR count). The predicted octanol–water partition coefficient (Wildman–Crippen LogP) is 3.08. The summed E-state index contributed by atoms with van der Waals surface area (Å²) in [5.74, 6) is -0.0386. The number of nitriles is 1. The maximum atomic E-state index is 12.2. The molecular weight excluding hydrogens is 224 g/mol. The van der Waals surface area contributed by atoms with Gasteiger partial charge in [-0.25, -0.2) is 0 Å². The average molecular weight is 246 g/mol. The van der Waals surface area contributed by atoms with Gasteiger partial charge in [0.05, 0.1) is 6.07 Å². The number of carbonyl (C=O) groups excluding carboxylic acids is 1. The highest BCUT2D eigenvalue weighted by Crippen LogP contribution is 2.35. The zero-order valence-electron chi connectivity index (χ0n) is 11.0. The lowest BCUT2D eigenvalue weighted by Gasteiger charge is -2.29. The maximum Gasteiger partial charge on any atom is 0.240 e. The zero-order valence-corrected chi connectivity index (χ0v) is 11.0. The maximum absolute atomic E-state index is 12.2. The molecule has 3 heteroatoms. The Hall–Kier alpha value is -1.30. The van der Waals surface area contributed by atoms with Crippen LogP contribution < -0.4 is 5.32 Å². The van der Waals surface area contributed by atoms with Crippen LogP contribution in [0.4, 0.5) is 0 Å². The fraction of sp³-hybridized carbons (Fsp3) is 0.733. The van der Waals surface area contributed by atoms with E-state index in [0.29, 0.717) is 6.54 Å². The molecule has 1 N–H and O–H groups in total. The van der Waals surface area contributed by atoms with Crippen LogP contribution in [-0.2, 0) is 4.79 Å². The van der Waals surface area contributed by atoms with Crippen molar-refractivity contribution in [3.63, 3.8) is 0 Å². The zero-order chi connectivity index (χ0) is 12.8. The topological polar surface area (TPSA) is 52.9 Å². The molecule has 18 heavy (non-hydrogen) atoms. The lowest BCUT2D eigenvalue weighted by molar-refractivity contribution is -0.129. The van der Waals surface area contributed by atoms with E-state index in [9.17, 15) is 10.1 Å². The summed E-state index contributed by atoms with van der Waals surface area (Å²) in [6.07, 6.45) is 11.5. The monoisotopic (exact) mass is 246 g/mol. The average Bonchev–Trinajstić information content (AvgIpc) is 2.92. The predicted molar refractivity (Wildman–Crippen MR) is 70.7 cm³/mol. The van der Waals surface area contributed by atoms with Crippen molar-refractivity contribution in [3.05, 3.63) is 11.6 Å². The Morgan fingerprint density at radius 2 is 2.11 bits per heavy atom. The van der Waals surface area contributed by atoms with Crippen molar-refractivity contribution in [2.75, 3.05) is 6.54 Å². The number of nitrogens with zero attached hydrogens (tertiary/aromatic N) is 1. The van der Waals surface area contributed by atoms with Gasteiger partial charge in [0.1, 0.15) is 5.41 Å². The summed E-state index contributed by atoms with van der Waals surface area (Å²) in [4.78, 5) is 12.2. The first-order chi connectivity index (χ1) is 8.77. The minimum Gasteiger partial charge on any atom is -0.354 e. The van der Waals surface area contributed by atoms with E-state index in [1.165, 1.54) is 24.8 Å². The van der Waals surface area contributed by atoms with Crippen LogP contribution in [-0.4, -0.2) is 12.5 Å². The van der Waals surface area contributed by atoms with E-state index in [0.717, 1.165) is 38.5 Å². The molecule has 0 bridgehead atoms. The molecule has 0 unspecified atom stereocenters. The normalized spacial score (nSPS) is 22.1. The Bertz CT molecular complexity index is 372. The number of amides is 1. The molecule has 3 nitrogen and oxygen atoms in total. The van der Waals surface area contributed by atoms with Crippen LogP contribution in [0.15, 0.2) is 11.6 Å². The van der Waals surface area contributed by atoms with Gasteiger partial charge in [-0.3, -0.25) is 4.79 Å². The van der Waals surface area contributed by atoms with Crippen LogP contribution in [0.25, 0.3) is 0 Å². The van der Waals surface area contributed by atoms with Gasteiger partial charge in [0.25, 0.3) is 0 Å². The molecular formula is C15H22N2O. The molecule has 0 aromatic rings. The van der Waals surface area contributed by atoms with Gasteiger partial charge < -0.3 is 5.32 Å². The highest BCUT2D eigenvalue weighted by Gasteiger charge is 2.39. The number of nitrogens with one attached hydrogen (secondary N) is 1. The van der Waals surface area contributed by atoms with Crippen molar-refractivity contribution >= 4 is 5.91 Å². The first kappa shape index (κ1) is 13.1. The second kappa shape index (κ2) is 6.04. The molecule has 0 aliphatic heterocycles. The summed E-state index contributed by atoms with van der Waals surface area (Å²) in [5, 5.41) is 12.3. The van der Waals surface area contributed by atoms with Gasteiger partial charge >= 0.3 is 0 Å². The number of hydrogen-bond acceptors (Lipinski definition) is 2. The second-order valence-corrected chi connectivity index (χ2v) is 5.52. The van der Waals surface area contributed by atoms with Gasteiger partial charge in [-0.1, -0.05) is 30.9 Å². The molecule has 1 saturated carbocycles. The smallest absolute Gasteiger partial charge is 0.240 e. The quantitative estimate of drug-likeness (QED) is 0.775. The summed E-state index contributed by atoms with van der Waals surface area (Å²) in [5.41, 5.74) is 0.729. The standard InChI is InChI=1S/C15H22N2O/c16-12-15(9-4-1-5-10-15)14(18)17-11-8-13-6-2-3-7-13/h6H,1-5,7-11H2,(H,17,18). The number of rotatable bonds is 4. The highest BCUT2D eigenvalue weighted by atomic mass is 16.2. The van der Waals surface area contributed by atoms with Gasteiger partial charge in [0, 0.05) is 6.54 Å². The van der Waals surface area contributed by atoms with E-state index in [1.54, 1.807) is 0 Å². The largest absolute Gasteiger partial charge is 0.354 e. The summed E-state index contributed by atoms with van der Waals surface area (Å²) < 4.78 is 0. The fourth-order valence-electron chi connectivity index (χ4n) is 3.02. The molecule has 0 aromatic heterocycles. The minimum absolute atomic E-state index is 0.0386. The van der Waals surface area contributed by atoms with Crippen molar-refractivity contribution in [2.45, 2.75) is 57.8 Å². The SMILES string of the molecule is N#CC1(C(=O)NCCC2=CCCC2)CCCCC1. The van der Waals surface area contributed by atoms with Crippen LogP contribution in [0.3, 0.4) is 0 Å². The number of allylic oxidation sites excluding steroid dienone is 1. The van der Waals surface area contributed by atoms with Gasteiger partial charge in [0.2, 0.25) is 5.91 Å². The van der Waals surface area contributed by atoms with E-state index in [1.807, 2.05) is 0 Å². The Balaban J connectivity index is 1.80. The molecule has 0 heterocycles. The molecule has 2 aliphatic rings. The molecule has 0 atom stereocenters. The Morgan fingerprint density at radius 1 is 1.33 bits per heavy atom. The minimum atomic E-state index is -0.734. The Kier molecular flexibility index (Phi) is 4.41. The van der Waals surface area contributed by atoms with Gasteiger partial charge in [-0.2, -0.15) is 5.26 Å². The third-order valence-corrected chi connectivity index (χ3v) is 4.22. The van der Waals surface area contributed by atoms with Crippen LogP contribution in [0.2, 0.25) is 0 Å². The van der Waals surface area contributed by atoms with Crippen LogP contribution in [0.1, 0.15) is 57.8 Å². The Morgan fingerprint density at radius 3 is 2.72 bits per heavy atom. The molecule has 2 aliphatic carbocycles. The third-order valence-electron chi connectivity index (χ3n) is 4.22. The van der Waals surface area contributed by atoms with Crippen molar-refractivity contribution in [1.82, 2.24) is 5.32 Å². The van der Waals surface area contributed by atoms with E-state index in [4.69, 9.17) is 0 Å². The van der Waals surface area contributed by atoms with Crippen LogP contribution in [0, 0.1) is 16.7 Å². The molecule has 1 amide bonds. The Labute approximate surface area is 109 Å². The molecule has 98 valence electrons. The van der Waals surface area contributed by atoms with E-state index >= 15 is 0 Å². The van der Waals surface area contributed by atoms with Gasteiger partial charge in [-0.05, 0) is 38.5 Å².